The zero-order valence-corrected chi connectivity index (χ0v) is 23.8. The number of ether oxygens (including phenoxy) is 1. The molecule has 1 fully saturated rings. The lowest BCUT2D eigenvalue weighted by Crippen LogP contribution is -2.52. The quantitative estimate of drug-likeness (QED) is 0.225. The molecule has 2 heterocycles. The number of nitrogens with one attached hydrogen (secondary N) is 1. The molecule has 0 unspecified atom stereocenters. The van der Waals surface area contributed by atoms with Crippen molar-refractivity contribution in [3.8, 4) is 6.07 Å². The first-order chi connectivity index (χ1) is 19.4. The molecule has 1 aliphatic heterocycles. The van der Waals surface area contributed by atoms with Crippen molar-refractivity contribution in [3.63, 3.8) is 0 Å². The standard InChI is InChI=1S/C26H31FN8O5S/c1-25(2,16-40-20(27)14-31-33-29)41(38,39)26(9-10-26)15-35-11-8-19-21(32-34(3)22(19)24(35)37)23(36)30-13-18-6-4-17(12-28)5-7-18/h4-7,20H,8-11,13-16H2,1-3H3,(H,30,36)/t20-/m0/s1. The van der Waals surface area contributed by atoms with Gasteiger partial charge in [0.2, 0.25) is 6.36 Å². The highest BCUT2D eigenvalue weighted by Gasteiger charge is 2.61. The molecule has 41 heavy (non-hydrogen) atoms. The summed E-state index contributed by atoms with van der Waals surface area (Å²) in [6.07, 6.45) is -0.915. The summed E-state index contributed by atoms with van der Waals surface area (Å²) in [7, 11) is -2.33. The minimum absolute atomic E-state index is 0.0415. The van der Waals surface area contributed by atoms with Gasteiger partial charge >= 0.3 is 0 Å². The van der Waals surface area contributed by atoms with Crippen LogP contribution in [0.5, 0.6) is 0 Å². The van der Waals surface area contributed by atoms with E-state index in [1.165, 1.54) is 23.4 Å². The second-order valence-electron chi connectivity index (χ2n) is 10.8. The van der Waals surface area contributed by atoms with E-state index >= 15 is 0 Å². The van der Waals surface area contributed by atoms with Gasteiger partial charge in [-0.1, -0.05) is 17.2 Å². The van der Waals surface area contributed by atoms with E-state index in [1.54, 1.807) is 31.3 Å². The Bertz CT molecular complexity index is 1540. The molecule has 1 aromatic heterocycles. The third-order valence-corrected chi connectivity index (χ3v) is 10.8. The lowest BCUT2D eigenvalue weighted by molar-refractivity contribution is -0.0385. The highest BCUT2D eigenvalue weighted by Crippen LogP contribution is 2.49. The van der Waals surface area contributed by atoms with Gasteiger partial charge in [0.05, 0.1) is 34.3 Å². The van der Waals surface area contributed by atoms with Gasteiger partial charge in [-0.3, -0.25) is 14.3 Å². The van der Waals surface area contributed by atoms with Crippen molar-refractivity contribution in [1.29, 1.82) is 5.26 Å². The van der Waals surface area contributed by atoms with Crippen LogP contribution in [0.4, 0.5) is 4.39 Å². The number of nitrogens with zero attached hydrogens (tertiary/aromatic N) is 7. The Kier molecular flexibility index (Phi) is 8.39. The molecule has 1 N–H and O–H groups in total. The van der Waals surface area contributed by atoms with Crippen LogP contribution in [0.1, 0.15) is 64.4 Å². The molecule has 1 aliphatic carbocycles. The number of aryl methyl sites for hydroxylation is 1. The summed E-state index contributed by atoms with van der Waals surface area (Å²) in [5, 5.41) is 19.1. The minimum atomic E-state index is -3.89. The van der Waals surface area contributed by atoms with Crippen LogP contribution in [0.2, 0.25) is 0 Å². The predicted molar refractivity (Wildman–Crippen MR) is 145 cm³/mol. The average molecular weight is 587 g/mol. The van der Waals surface area contributed by atoms with Crippen molar-refractivity contribution in [2.24, 2.45) is 12.2 Å². The van der Waals surface area contributed by atoms with E-state index < -0.39 is 50.7 Å². The maximum atomic E-state index is 13.9. The maximum Gasteiger partial charge on any atom is 0.272 e. The molecule has 2 aromatic rings. The number of rotatable bonds is 12. The molecule has 13 nitrogen and oxygen atoms in total. The summed E-state index contributed by atoms with van der Waals surface area (Å²) in [6.45, 7) is 2.26. The number of hydrogen-bond acceptors (Lipinski definition) is 8. The molecule has 2 amide bonds. The van der Waals surface area contributed by atoms with Crippen molar-refractivity contribution in [1.82, 2.24) is 20.0 Å². The molecule has 15 heteroatoms. The van der Waals surface area contributed by atoms with E-state index in [0.717, 1.165) is 5.56 Å². The lowest BCUT2D eigenvalue weighted by Gasteiger charge is -2.35. The Morgan fingerprint density at radius 3 is 2.66 bits per heavy atom. The van der Waals surface area contributed by atoms with Crippen molar-refractivity contribution < 1.29 is 27.1 Å². The molecule has 1 aromatic carbocycles. The monoisotopic (exact) mass is 586 g/mol. The van der Waals surface area contributed by atoms with E-state index in [9.17, 15) is 22.4 Å². The van der Waals surface area contributed by atoms with Gasteiger partial charge in [-0.15, -0.1) is 0 Å². The largest absolute Gasteiger partial charge is 0.347 e. The first kappa shape index (κ1) is 30.0. The third-order valence-electron chi connectivity index (χ3n) is 7.50. The van der Waals surface area contributed by atoms with E-state index in [-0.39, 0.29) is 31.0 Å². The highest BCUT2D eigenvalue weighted by atomic mass is 32.2. The normalized spacial score (nSPS) is 16.8. The Morgan fingerprint density at radius 1 is 1.37 bits per heavy atom. The summed E-state index contributed by atoms with van der Waals surface area (Å²) < 4.78 is 44.9. The lowest BCUT2D eigenvalue weighted by atomic mass is 10.0. The molecule has 0 saturated heterocycles. The van der Waals surface area contributed by atoms with Crippen LogP contribution in [0, 0.1) is 11.3 Å². The Morgan fingerprint density at radius 2 is 2.05 bits per heavy atom. The van der Waals surface area contributed by atoms with Crippen molar-refractivity contribution in [2.45, 2.75) is 55.5 Å². The molecule has 2 aliphatic rings. The van der Waals surface area contributed by atoms with Crippen LogP contribution in [-0.4, -0.2) is 77.0 Å². The fraction of sp³-hybridized carbons (Fsp3) is 0.538. The van der Waals surface area contributed by atoms with Gasteiger partial charge in [0, 0.05) is 37.2 Å². The van der Waals surface area contributed by atoms with E-state index in [1.807, 2.05) is 6.07 Å². The van der Waals surface area contributed by atoms with E-state index in [2.05, 4.69) is 20.4 Å². The minimum Gasteiger partial charge on any atom is -0.347 e. The summed E-state index contributed by atoms with van der Waals surface area (Å²) in [5.74, 6) is -0.858. The molecule has 1 atom stereocenters. The maximum absolute atomic E-state index is 13.9. The molecule has 218 valence electrons. The number of amides is 2. The number of benzene rings is 1. The molecule has 1 saturated carbocycles. The summed E-state index contributed by atoms with van der Waals surface area (Å²) in [5.41, 5.74) is 10.5. The van der Waals surface area contributed by atoms with Gasteiger partial charge in [0.1, 0.15) is 5.69 Å². The number of nitriles is 1. The summed E-state index contributed by atoms with van der Waals surface area (Å²) in [6, 6.07) is 8.82. The van der Waals surface area contributed by atoms with Crippen LogP contribution in [0.25, 0.3) is 10.4 Å². The summed E-state index contributed by atoms with van der Waals surface area (Å²) in [4.78, 5) is 30.4. The van der Waals surface area contributed by atoms with Gasteiger partial charge in [-0.05, 0) is 56.3 Å². The molecular weight excluding hydrogens is 555 g/mol. The SMILES string of the molecule is Cn1nc(C(=O)NCc2ccc(C#N)cc2)c2c1C(=O)N(CC1(S(=O)(=O)C(C)(C)CO[C@H](F)CN=[N+]=[N-])CC1)CC2. The fourth-order valence-electron chi connectivity index (χ4n) is 4.97. The number of carbonyl (C=O) groups excluding carboxylic acids is 2. The summed E-state index contributed by atoms with van der Waals surface area (Å²) >= 11 is 0. The highest BCUT2D eigenvalue weighted by molar-refractivity contribution is 7.94. The van der Waals surface area contributed by atoms with Crippen LogP contribution >= 0.6 is 0 Å². The van der Waals surface area contributed by atoms with Crippen LogP contribution in [-0.2, 0) is 34.6 Å². The first-order valence-corrected chi connectivity index (χ1v) is 14.5. The second kappa shape index (κ2) is 11.5. The second-order valence-corrected chi connectivity index (χ2v) is 13.8. The van der Waals surface area contributed by atoms with E-state index in [0.29, 0.717) is 30.4 Å². The van der Waals surface area contributed by atoms with E-state index in [4.69, 9.17) is 15.5 Å². The number of fused-ring (bicyclic) bond motifs is 1. The smallest absolute Gasteiger partial charge is 0.272 e. The third kappa shape index (κ3) is 5.90. The molecule has 0 radical (unpaired) electrons. The van der Waals surface area contributed by atoms with Gasteiger partial charge in [-0.2, -0.15) is 10.4 Å². The Labute approximate surface area is 236 Å². The fourth-order valence-corrected chi connectivity index (χ4v) is 7.33. The van der Waals surface area contributed by atoms with Gasteiger partial charge in [0.15, 0.2) is 15.5 Å². The first-order valence-electron chi connectivity index (χ1n) is 13.0. The van der Waals surface area contributed by atoms with Crippen molar-refractivity contribution >= 4 is 21.7 Å². The average Bonchev–Trinajstić information content (AvgIpc) is 3.67. The number of aromatic nitrogens is 2. The van der Waals surface area contributed by atoms with Gasteiger partial charge in [0.25, 0.3) is 11.8 Å². The number of carbonyl (C=O) groups is 2. The molecule has 4 rings (SSSR count). The predicted octanol–water partition coefficient (Wildman–Crippen LogP) is 2.57. The molecule has 0 bridgehead atoms. The van der Waals surface area contributed by atoms with Gasteiger partial charge in [-0.25, -0.2) is 12.8 Å². The Balaban J connectivity index is 1.44. The zero-order valence-electron chi connectivity index (χ0n) is 23.0. The Hall–Kier alpha value is -3.99. The number of azide groups is 1. The van der Waals surface area contributed by atoms with Crippen molar-refractivity contribution in [2.75, 3.05) is 26.2 Å². The number of hydrogen-bond donors (Lipinski definition) is 1. The molecule has 0 spiro atoms. The van der Waals surface area contributed by atoms with Crippen molar-refractivity contribution in [3.05, 3.63) is 62.8 Å². The van der Waals surface area contributed by atoms with Gasteiger partial charge < -0.3 is 15.0 Å². The van der Waals surface area contributed by atoms with Crippen LogP contribution in [0.15, 0.2) is 29.4 Å². The van der Waals surface area contributed by atoms with Crippen LogP contribution < -0.4 is 5.32 Å². The zero-order chi connectivity index (χ0) is 30.0. The number of sulfone groups is 1. The number of halogens is 1. The number of alkyl halides is 1. The molecular formula is C26H31FN8O5S. The van der Waals surface area contributed by atoms with Crippen LogP contribution in [0.3, 0.4) is 0 Å². The topological polar surface area (TPSA) is 183 Å².